The van der Waals surface area contributed by atoms with Gasteiger partial charge >= 0.3 is 12.4 Å². The van der Waals surface area contributed by atoms with Crippen LogP contribution in [0.2, 0.25) is 0 Å². The number of nitrogens with zero attached hydrogens (tertiary/aromatic N) is 3. The third-order valence-electron chi connectivity index (χ3n) is 12.2. The van der Waals surface area contributed by atoms with Gasteiger partial charge in [-0.25, -0.2) is 36.0 Å². The molecule has 0 spiro atoms. The topological polar surface area (TPSA) is 93.0 Å². The predicted molar refractivity (Wildman–Crippen MR) is 228 cm³/mol. The molecule has 6 aromatic rings. The molecule has 3 atom stereocenters. The predicted octanol–water partition coefficient (Wildman–Crippen LogP) is 10.0. The molecule has 6 heterocycles. The Morgan fingerprint density at radius 2 is 1.33 bits per heavy atom. The highest BCUT2D eigenvalue weighted by Crippen LogP contribution is 2.42. The van der Waals surface area contributed by atoms with Gasteiger partial charge in [0.25, 0.3) is 0 Å². The summed E-state index contributed by atoms with van der Waals surface area (Å²) >= 11 is 0. The Morgan fingerprint density at radius 3 is 1.94 bits per heavy atom. The van der Waals surface area contributed by atoms with Gasteiger partial charge in [-0.1, -0.05) is 25.1 Å². The maximum Gasteiger partial charge on any atom is 0.417 e. The van der Waals surface area contributed by atoms with Crippen LogP contribution < -0.4 is 14.8 Å². The number of alkyl halides is 6. The van der Waals surface area contributed by atoms with Crippen molar-refractivity contribution in [3.05, 3.63) is 112 Å². The zero-order valence-electron chi connectivity index (χ0n) is 34.3. The van der Waals surface area contributed by atoms with Gasteiger partial charge in [-0.2, -0.15) is 26.3 Å². The molecule has 64 heavy (non-hydrogen) atoms. The highest BCUT2D eigenvalue weighted by atomic mass is 32.2. The molecule has 5 aliphatic rings. The van der Waals surface area contributed by atoms with Crippen LogP contribution in [0, 0.1) is 23.4 Å². The summed E-state index contributed by atoms with van der Waals surface area (Å²) in [4.78, 5) is 4.41. The highest BCUT2D eigenvalue weighted by molar-refractivity contribution is 7.84. The molecule has 8 nitrogen and oxygen atoms in total. The second-order valence-electron chi connectivity index (χ2n) is 17.1. The Kier molecular flexibility index (Phi) is 12.1. The van der Waals surface area contributed by atoms with Crippen molar-refractivity contribution in [2.24, 2.45) is 5.92 Å². The van der Waals surface area contributed by atoms with Crippen LogP contribution in [-0.2, 0) is 60.4 Å². The fraction of sp³-hybridized carbons (Fsp3) is 0.400. The number of aromatic nitrogens is 3. The van der Waals surface area contributed by atoms with Crippen LogP contribution in [0.25, 0.3) is 44.3 Å². The van der Waals surface area contributed by atoms with Crippen LogP contribution in [0.15, 0.2) is 67.0 Å². The van der Waals surface area contributed by atoms with Crippen molar-refractivity contribution in [3.63, 3.8) is 0 Å². The van der Waals surface area contributed by atoms with Crippen molar-refractivity contribution in [2.45, 2.75) is 94.0 Å². The molecular formula is C45H43F9N6O2S2. The summed E-state index contributed by atoms with van der Waals surface area (Å²) in [5, 5.41) is 4.53. The van der Waals surface area contributed by atoms with E-state index in [-0.39, 0.29) is 52.4 Å². The lowest BCUT2D eigenvalue weighted by Gasteiger charge is -2.29. The van der Waals surface area contributed by atoms with Gasteiger partial charge in [0, 0.05) is 83.0 Å². The number of pyridine rings is 1. The van der Waals surface area contributed by atoms with Crippen molar-refractivity contribution in [2.75, 3.05) is 13.1 Å². The fourth-order valence-corrected chi connectivity index (χ4v) is 10.5. The summed E-state index contributed by atoms with van der Waals surface area (Å²) in [6, 6.07) is 10.3. The van der Waals surface area contributed by atoms with E-state index in [9.17, 15) is 39.2 Å². The standard InChI is InChI=1S/C23H23F4N3OS.C22H20F5N3OS/c1-13-2-3-14-4-7-17(19(8-14)23(25,26)27)21-20(24)9-18-15(10-28-32(31)16-5-6-16)12-30(11-13)22(18)29-21;23-13-1-4-16(19(5-13)22(25,26)27)18-7-21-17(6-20(18)24)12(8-29-32(31)15-2-3-15)11-30(21)14-9-28-10-14/h4,7-9,12-13,16,28H,2-3,5-6,10-11H2,1H3;1,4-7,11,14-15,28-29H,2-3,8-10H2. The van der Waals surface area contributed by atoms with E-state index in [1.54, 1.807) is 6.07 Å². The molecule has 3 aromatic carbocycles. The molecule has 2 saturated carbocycles. The molecule has 3 unspecified atom stereocenters. The minimum atomic E-state index is -4.83. The molecule has 3 fully saturated rings. The Balaban J connectivity index is 0.000000162. The average molecular weight is 935 g/mol. The lowest BCUT2D eigenvalue weighted by Crippen LogP contribution is -2.43. The van der Waals surface area contributed by atoms with E-state index >= 15 is 8.78 Å². The largest absolute Gasteiger partial charge is 0.417 e. The normalized spacial score (nSPS) is 19.0. The van der Waals surface area contributed by atoms with Crippen molar-refractivity contribution in [1.29, 1.82) is 0 Å². The number of rotatable bonds is 10. The first kappa shape index (κ1) is 44.6. The number of aryl methyl sites for hydroxylation is 1. The van der Waals surface area contributed by atoms with E-state index in [1.807, 2.05) is 28.5 Å². The molecule has 4 bridgehead atoms. The zero-order valence-corrected chi connectivity index (χ0v) is 35.9. The Labute approximate surface area is 367 Å². The first-order valence-electron chi connectivity index (χ1n) is 21.0. The van der Waals surface area contributed by atoms with Crippen LogP contribution >= 0.6 is 0 Å². The van der Waals surface area contributed by atoms with Crippen LogP contribution in [0.4, 0.5) is 39.5 Å². The van der Waals surface area contributed by atoms with Crippen molar-refractivity contribution in [3.8, 4) is 22.4 Å². The monoisotopic (exact) mass is 934 g/mol. The SMILES string of the molecule is CC1CCc2ccc(c(C(F)(F)F)c2)-c2nc3c(cc2F)c(CNS(=O)C2CC2)cn3C1.O=S(NCc1cn(C2CNC2)c2cc(-c3ccc(F)cc3C(F)(F)F)c(F)cc12)C1CC1. The smallest absolute Gasteiger partial charge is 0.341 e. The van der Waals surface area contributed by atoms with Crippen LogP contribution in [0.5, 0.6) is 0 Å². The van der Waals surface area contributed by atoms with Gasteiger partial charge in [0.15, 0.2) is 0 Å². The molecule has 1 saturated heterocycles. The Bertz CT molecular complexity index is 2810. The maximum atomic E-state index is 15.2. The minimum absolute atomic E-state index is 0.0776. The summed E-state index contributed by atoms with van der Waals surface area (Å²) in [7, 11) is -2.33. The van der Waals surface area contributed by atoms with Crippen LogP contribution in [0.3, 0.4) is 0 Å². The van der Waals surface area contributed by atoms with Crippen molar-refractivity contribution in [1.82, 2.24) is 28.9 Å². The number of hydrogen-bond acceptors (Lipinski definition) is 4. The molecule has 0 radical (unpaired) electrons. The number of benzene rings is 3. The lowest BCUT2D eigenvalue weighted by molar-refractivity contribution is -0.138. The first-order chi connectivity index (χ1) is 30.4. The molecule has 19 heteroatoms. The molecule has 3 aliphatic heterocycles. The molecule has 3 aromatic heterocycles. The highest BCUT2D eigenvalue weighted by Gasteiger charge is 2.37. The van der Waals surface area contributed by atoms with E-state index in [0.717, 1.165) is 55.0 Å². The van der Waals surface area contributed by atoms with Crippen LogP contribution in [-0.4, -0.2) is 46.1 Å². The van der Waals surface area contributed by atoms with Crippen LogP contribution in [0.1, 0.15) is 72.9 Å². The van der Waals surface area contributed by atoms with Gasteiger partial charge in [-0.05, 0) is 103 Å². The van der Waals surface area contributed by atoms with E-state index < -0.39 is 68.5 Å². The third-order valence-corrected chi connectivity index (χ3v) is 15.2. The summed E-state index contributed by atoms with van der Waals surface area (Å²) in [5.41, 5.74) is -0.225. The lowest BCUT2D eigenvalue weighted by atomic mass is 9.95. The molecule has 11 rings (SSSR count). The maximum absolute atomic E-state index is 15.2. The van der Waals surface area contributed by atoms with Crippen molar-refractivity contribution >= 4 is 43.9 Å². The first-order valence-corrected chi connectivity index (χ1v) is 23.4. The zero-order chi connectivity index (χ0) is 45.2. The van der Waals surface area contributed by atoms with E-state index in [1.165, 1.54) is 24.3 Å². The Morgan fingerprint density at radius 1 is 0.719 bits per heavy atom. The average Bonchev–Trinajstić information content (AvgIpc) is 4.16. The second kappa shape index (κ2) is 17.3. The summed E-state index contributed by atoms with van der Waals surface area (Å²) in [6.07, 6.45) is -0.861. The van der Waals surface area contributed by atoms with Gasteiger partial charge < -0.3 is 14.5 Å². The summed E-state index contributed by atoms with van der Waals surface area (Å²) in [5.74, 6) is -2.49. The van der Waals surface area contributed by atoms with Crippen molar-refractivity contribution < 1.29 is 47.9 Å². The van der Waals surface area contributed by atoms with E-state index in [4.69, 9.17) is 0 Å². The summed E-state index contributed by atoms with van der Waals surface area (Å²) in [6.45, 7) is 4.56. The fourth-order valence-electron chi connectivity index (χ4n) is 8.29. The molecular weight excluding hydrogens is 892 g/mol. The van der Waals surface area contributed by atoms with Gasteiger partial charge in [0.05, 0.1) is 39.1 Å². The van der Waals surface area contributed by atoms with Gasteiger partial charge in [-0.15, -0.1) is 0 Å². The minimum Gasteiger partial charge on any atom is -0.341 e. The quantitative estimate of drug-likeness (QED) is 0.119. The van der Waals surface area contributed by atoms with Gasteiger partial charge in [0.2, 0.25) is 0 Å². The molecule has 0 amide bonds. The number of fused-ring (bicyclic) bond motifs is 6. The second-order valence-corrected chi connectivity index (χ2v) is 20.2. The number of nitrogens with one attached hydrogen (secondary N) is 3. The third kappa shape index (κ3) is 9.28. The van der Waals surface area contributed by atoms with Gasteiger partial charge in [0.1, 0.15) is 28.8 Å². The molecule has 340 valence electrons. The number of hydrogen-bond donors (Lipinski definition) is 3. The number of halogens is 9. The summed E-state index contributed by atoms with van der Waals surface area (Å²) < 4.78 is 160. The molecule has 3 N–H and O–H groups in total. The van der Waals surface area contributed by atoms with Gasteiger partial charge in [-0.3, -0.25) is 0 Å². The Hall–Kier alpha value is -4.56. The van der Waals surface area contributed by atoms with E-state index in [2.05, 4.69) is 19.7 Å². The van der Waals surface area contributed by atoms with E-state index in [0.29, 0.717) is 66.0 Å². The molecule has 2 aliphatic carbocycles.